The third-order valence-corrected chi connectivity index (χ3v) is 3.21. The smallest absolute Gasteiger partial charge is 0.225 e. The van der Waals surface area contributed by atoms with Crippen molar-refractivity contribution in [2.75, 3.05) is 11.4 Å². The summed E-state index contributed by atoms with van der Waals surface area (Å²) in [5.41, 5.74) is 0. The molecule has 2 rings (SSSR count). The van der Waals surface area contributed by atoms with Gasteiger partial charge in [-0.05, 0) is 41.1 Å². The van der Waals surface area contributed by atoms with Gasteiger partial charge in [-0.1, -0.05) is 13.8 Å². The van der Waals surface area contributed by atoms with E-state index in [0.717, 1.165) is 22.9 Å². The summed E-state index contributed by atoms with van der Waals surface area (Å²) in [6.07, 6.45) is 7.44. The Morgan fingerprint density at radius 2 is 2.00 bits per heavy atom. The molecule has 3 nitrogen and oxygen atoms in total. The Morgan fingerprint density at radius 3 is 2.50 bits per heavy atom. The van der Waals surface area contributed by atoms with Gasteiger partial charge in [0, 0.05) is 25.0 Å². The molecule has 1 aliphatic rings. The summed E-state index contributed by atoms with van der Waals surface area (Å²) in [6, 6.07) is 0.680. The van der Waals surface area contributed by atoms with Gasteiger partial charge in [0.2, 0.25) is 5.95 Å². The lowest BCUT2D eigenvalue weighted by Gasteiger charge is -2.23. The van der Waals surface area contributed by atoms with Crippen molar-refractivity contribution in [3.05, 3.63) is 16.9 Å². The fraction of sp³-hybridized carbons (Fsp3) is 0.667. The second kappa shape index (κ2) is 5.13. The van der Waals surface area contributed by atoms with Gasteiger partial charge >= 0.3 is 0 Å². The van der Waals surface area contributed by atoms with E-state index in [9.17, 15) is 0 Å². The first-order chi connectivity index (χ1) is 7.66. The molecule has 0 atom stereocenters. The van der Waals surface area contributed by atoms with Crippen LogP contribution in [0.4, 0.5) is 5.95 Å². The molecule has 0 N–H and O–H groups in total. The molecule has 1 aromatic rings. The van der Waals surface area contributed by atoms with Crippen molar-refractivity contribution < 1.29 is 0 Å². The van der Waals surface area contributed by atoms with Crippen LogP contribution in [0.15, 0.2) is 16.9 Å². The zero-order valence-corrected chi connectivity index (χ0v) is 11.4. The Morgan fingerprint density at radius 1 is 1.38 bits per heavy atom. The molecule has 0 radical (unpaired) electrons. The van der Waals surface area contributed by atoms with E-state index >= 15 is 0 Å². The van der Waals surface area contributed by atoms with Gasteiger partial charge in [-0.25, -0.2) is 9.97 Å². The average molecular weight is 284 g/mol. The molecule has 1 saturated carbocycles. The predicted molar refractivity (Wildman–Crippen MR) is 69.6 cm³/mol. The molecule has 0 aliphatic heterocycles. The van der Waals surface area contributed by atoms with E-state index < -0.39 is 0 Å². The highest BCUT2D eigenvalue weighted by atomic mass is 79.9. The second-order valence-electron chi connectivity index (χ2n) is 4.81. The SMILES string of the molecule is CC(C)CCN(c1ncc(Br)cn1)C1CC1. The van der Waals surface area contributed by atoms with Crippen LogP contribution in [-0.4, -0.2) is 22.6 Å². The summed E-state index contributed by atoms with van der Waals surface area (Å²) < 4.78 is 0.941. The van der Waals surface area contributed by atoms with Gasteiger partial charge in [0.15, 0.2) is 0 Å². The van der Waals surface area contributed by atoms with Crippen LogP contribution in [-0.2, 0) is 0 Å². The van der Waals surface area contributed by atoms with E-state index in [2.05, 4.69) is 44.6 Å². The second-order valence-corrected chi connectivity index (χ2v) is 5.72. The molecule has 88 valence electrons. The summed E-state index contributed by atoms with van der Waals surface area (Å²) >= 11 is 3.37. The summed E-state index contributed by atoms with van der Waals surface area (Å²) in [4.78, 5) is 11.1. The number of halogens is 1. The summed E-state index contributed by atoms with van der Waals surface area (Å²) in [5, 5.41) is 0. The van der Waals surface area contributed by atoms with Crippen molar-refractivity contribution in [2.24, 2.45) is 5.92 Å². The van der Waals surface area contributed by atoms with E-state index in [1.54, 1.807) is 0 Å². The predicted octanol–water partition coefficient (Wildman–Crippen LogP) is 3.25. The monoisotopic (exact) mass is 283 g/mol. The maximum absolute atomic E-state index is 4.39. The third kappa shape index (κ3) is 3.17. The van der Waals surface area contributed by atoms with E-state index in [-0.39, 0.29) is 0 Å². The van der Waals surface area contributed by atoms with Crippen LogP contribution in [0.2, 0.25) is 0 Å². The van der Waals surface area contributed by atoms with Crippen LogP contribution in [0.5, 0.6) is 0 Å². The quantitative estimate of drug-likeness (QED) is 0.831. The van der Waals surface area contributed by atoms with Crippen molar-refractivity contribution in [1.82, 2.24) is 9.97 Å². The molecule has 1 aliphatic carbocycles. The van der Waals surface area contributed by atoms with Crippen molar-refractivity contribution in [3.8, 4) is 0 Å². The molecule has 0 spiro atoms. The van der Waals surface area contributed by atoms with Gasteiger partial charge in [0.05, 0.1) is 4.47 Å². The standard InChI is InChI=1S/C12H18BrN3/c1-9(2)5-6-16(11-3-4-11)12-14-7-10(13)8-15-12/h7-9,11H,3-6H2,1-2H3. The summed E-state index contributed by atoms with van der Waals surface area (Å²) in [7, 11) is 0. The van der Waals surface area contributed by atoms with E-state index in [1.807, 2.05) is 12.4 Å². The number of hydrogen-bond acceptors (Lipinski definition) is 3. The zero-order valence-electron chi connectivity index (χ0n) is 9.86. The van der Waals surface area contributed by atoms with Crippen molar-refractivity contribution >= 4 is 21.9 Å². The first kappa shape index (κ1) is 11.8. The highest BCUT2D eigenvalue weighted by molar-refractivity contribution is 9.10. The zero-order chi connectivity index (χ0) is 11.5. The Hall–Kier alpha value is -0.640. The first-order valence-electron chi connectivity index (χ1n) is 5.91. The first-order valence-corrected chi connectivity index (χ1v) is 6.70. The van der Waals surface area contributed by atoms with Crippen molar-refractivity contribution in [2.45, 2.75) is 39.2 Å². The van der Waals surface area contributed by atoms with E-state index in [4.69, 9.17) is 0 Å². The molecule has 1 fully saturated rings. The van der Waals surface area contributed by atoms with E-state index in [0.29, 0.717) is 6.04 Å². The van der Waals surface area contributed by atoms with Crippen LogP contribution in [0.1, 0.15) is 33.1 Å². The van der Waals surface area contributed by atoms with Crippen molar-refractivity contribution in [1.29, 1.82) is 0 Å². The normalized spacial score (nSPS) is 15.5. The maximum atomic E-state index is 4.39. The van der Waals surface area contributed by atoms with Gasteiger partial charge in [0.1, 0.15) is 0 Å². The summed E-state index contributed by atoms with van der Waals surface area (Å²) in [5.74, 6) is 1.61. The molecule has 0 saturated heterocycles. The lowest BCUT2D eigenvalue weighted by atomic mass is 10.1. The molecular formula is C12H18BrN3. The Labute approximate surface area is 105 Å². The Balaban J connectivity index is 2.03. The van der Waals surface area contributed by atoms with Crippen LogP contribution >= 0.6 is 15.9 Å². The molecule has 0 aromatic carbocycles. The third-order valence-electron chi connectivity index (χ3n) is 2.80. The largest absolute Gasteiger partial charge is 0.338 e. The molecular weight excluding hydrogens is 266 g/mol. The van der Waals surface area contributed by atoms with E-state index in [1.165, 1.54) is 19.3 Å². The Bertz CT molecular complexity index is 333. The van der Waals surface area contributed by atoms with Gasteiger partial charge in [0.25, 0.3) is 0 Å². The average Bonchev–Trinajstić information content (AvgIpc) is 3.04. The van der Waals surface area contributed by atoms with Crippen LogP contribution in [0.25, 0.3) is 0 Å². The van der Waals surface area contributed by atoms with Gasteiger partial charge < -0.3 is 4.90 Å². The molecule has 4 heteroatoms. The molecule has 16 heavy (non-hydrogen) atoms. The minimum absolute atomic E-state index is 0.680. The number of rotatable bonds is 5. The highest BCUT2D eigenvalue weighted by Crippen LogP contribution is 2.30. The van der Waals surface area contributed by atoms with Gasteiger partial charge in [-0.2, -0.15) is 0 Å². The van der Waals surface area contributed by atoms with Crippen LogP contribution in [0.3, 0.4) is 0 Å². The topological polar surface area (TPSA) is 29.0 Å². The molecule has 0 amide bonds. The number of hydrogen-bond donors (Lipinski definition) is 0. The fourth-order valence-electron chi connectivity index (χ4n) is 1.68. The molecule has 0 bridgehead atoms. The maximum Gasteiger partial charge on any atom is 0.225 e. The van der Waals surface area contributed by atoms with Gasteiger partial charge in [-0.15, -0.1) is 0 Å². The fourth-order valence-corrected chi connectivity index (χ4v) is 1.89. The van der Waals surface area contributed by atoms with Crippen molar-refractivity contribution in [3.63, 3.8) is 0 Å². The van der Waals surface area contributed by atoms with Gasteiger partial charge in [-0.3, -0.25) is 0 Å². The minimum atomic E-state index is 0.680. The lowest BCUT2D eigenvalue weighted by molar-refractivity contribution is 0.565. The number of aromatic nitrogens is 2. The molecule has 1 aromatic heterocycles. The molecule has 0 unspecified atom stereocenters. The number of nitrogens with zero attached hydrogens (tertiary/aromatic N) is 3. The summed E-state index contributed by atoms with van der Waals surface area (Å²) in [6.45, 7) is 5.59. The van der Waals surface area contributed by atoms with Crippen LogP contribution in [0, 0.1) is 5.92 Å². The van der Waals surface area contributed by atoms with Crippen LogP contribution < -0.4 is 4.90 Å². The number of anilines is 1. The Kier molecular flexibility index (Phi) is 3.79. The minimum Gasteiger partial charge on any atom is -0.338 e. The molecule has 1 heterocycles. The highest BCUT2D eigenvalue weighted by Gasteiger charge is 2.30. The lowest BCUT2D eigenvalue weighted by Crippen LogP contribution is -2.29.